The zero-order valence-corrected chi connectivity index (χ0v) is 10.1. The molecule has 2 fully saturated rings. The number of unbranched alkanes of at least 4 members (excludes halogenated alkanes) is 2. The summed E-state index contributed by atoms with van der Waals surface area (Å²) in [6.45, 7) is 2.27. The van der Waals surface area contributed by atoms with Crippen molar-refractivity contribution in [3.05, 3.63) is 0 Å². The van der Waals surface area contributed by atoms with Gasteiger partial charge in [0.05, 0.1) is 0 Å². The summed E-state index contributed by atoms with van der Waals surface area (Å²) in [6, 6.07) is 0. The Morgan fingerprint density at radius 1 is 0.786 bits per heavy atom. The second-order valence-electron chi connectivity index (χ2n) is 5.06. The summed E-state index contributed by atoms with van der Waals surface area (Å²) < 4.78 is 0. The standard InChI is InChI=1S/C8H16.C6H12/c1-2-3-4-5-8-6-7-8;1-2-4-6-5-3-1/h8H,2-7H2,1H3;1-6H2. The minimum absolute atomic E-state index is 1.15. The number of hydrogen-bond donors (Lipinski definition) is 0. The molecule has 0 N–H and O–H groups in total. The van der Waals surface area contributed by atoms with E-state index in [0.717, 1.165) is 5.92 Å². The number of rotatable bonds is 4. The van der Waals surface area contributed by atoms with Crippen molar-refractivity contribution >= 4 is 0 Å². The normalized spacial score (nSPS) is 21.2. The first kappa shape index (κ1) is 12.1. The van der Waals surface area contributed by atoms with Crippen molar-refractivity contribution in [2.45, 2.75) is 84.0 Å². The van der Waals surface area contributed by atoms with E-state index in [1.54, 1.807) is 0 Å². The summed E-state index contributed by atoms with van der Waals surface area (Å²) in [5, 5.41) is 0. The molecule has 0 aromatic rings. The molecule has 0 radical (unpaired) electrons. The maximum Gasteiger partial charge on any atom is -0.0414 e. The molecule has 0 amide bonds. The fourth-order valence-corrected chi connectivity index (χ4v) is 2.15. The molecule has 0 aromatic heterocycles. The van der Waals surface area contributed by atoms with Crippen LogP contribution in [-0.4, -0.2) is 0 Å². The second-order valence-corrected chi connectivity index (χ2v) is 5.06. The molecule has 2 saturated carbocycles. The van der Waals surface area contributed by atoms with Gasteiger partial charge in [-0.15, -0.1) is 0 Å². The predicted molar refractivity (Wildman–Crippen MR) is 64.6 cm³/mol. The van der Waals surface area contributed by atoms with E-state index in [4.69, 9.17) is 0 Å². The highest BCUT2D eigenvalue weighted by Gasteiger charge is 2.19. The summed E-state index contributed by atoms with van der Waals surface area (Å²) in [5.41, 5.74) is 0. The van der Waals surface area contributed by atoms with Crippen LogP contribution >= 0.6 is 0 Å². The van der Waals surface area contributed by atoms with E-state index in [-0.39, 0.29) is 0 Å². The van der Waals surface area contributed by atoms with Gasteiger partial charge in [-0.25, -0.2) is 0 Å². The Bertz CT molecular complexity index is 97.7. The zero-order valence-electron chi connectivity index (χ0n) is 10.1. The van der Waals surface area contributed by atoms with Crippen LogP contribution in [0.15, 0.2) is 0 Å². The maximum atomic E-state index is 2.27. The smallest absolute Gasteiger partial charge is 0.0414 e. The summed E-state index contributed by atoms with van der Waals surface area (Å²) in [6.07, 6.45) is 17.9. The molecule has 84 valence electrons. The van der Waals surface area contributed by atoms with Crippen molar-refractivity contribution < 1.29 is 0 Å². The van der Waals surface area contributed by atoms with Gasteiger partial charge in [-0.05, 0) is 5.92 Å². The third-order valence-corrected chi connectivity index (χ3v) is 3.41. The largest absolute Gasteiger partial charge is 0.0654 e. The van der Waals surface area contributed by atoms with Crippen LogP contribution in [0.25, 0.3) is 0 Å². The van der Waals surface area contributed by atoms with Crippen LogP contribution in [0.1, 0.15) is 84.0 Å². The molecule has 2 aliphatic carbocycles. The first-order chi connectivity index (χ1) is 6.93. The van der Waals surface area contributed by atoms with Crippen LogP contribution in [0, 0.1) is 5.92 Å². The van der Waals surface area contributed by atoms with Gasteiger partial charge in [0.1, 0.15) is 0 Å². The summed E-state index contributed by atoms with van der Waals surface area (Å²) in [7, 11) is 0. The molecule has 0 saturated heterocycles. The summed E-state index contributed by atoms with van der Waals surface area (Å²) >= 11 is 0. The molecule has 0 heterocycles. The van der Waals surface area contributed by atoms with Crippen molar-refractivity contribution in [3.8, 4) is 0 Å². The molecule has 14 heavy (non-hydrogen) atoms. The Hall–Kier alpha value is 0. The molecular weight excluding hydrogens is 168 g/mol. The molecule has 0 aromatic carbocycles. The molecule has 0 heteroatoms. The zero-order chi connectivity index (χ0) is 10.1. The van der Waals surface area contributed by atoms with Gasteiger partial charge in [-0.1, -0.05) is 84.0 Å². The van der Waals surface area contributed by atoms with Crippen LogP contribution in [0.2, 0.25) is 0 Å². The Balaban J connectivity index is 0.000000146. The summed E-state index contributed by atoms with van der Waals surface area (Å²) in [4.78, 5) is 0. The minimum Gasteiger partial charge on any atom is -0.0654 e. The maximum absolute atomic E-state index is 2.27. The lowest BCUT2D eigenvalue weighted by molar-refractivity contribution is 0.504. The lowest BCUT2D eigenvalue weighted by Crippen LogP contribution is -1.85. The Morgan fingerprint density at radius 3 is 1.64 bits per heavy atom. The van der Waals surface area contributed by atoms with Crippen molar-refractivity contribution in [2.75, 3.05) is 0 Å². The van der Waals surface area contributed by atoms with Crippen molar-refractivity contribution in [3.63, 3.8) is 0 Å². The van der Waals surface area contributed by atoms with Crippen LogP contribution < -0.4 is 0 Å². The Kier molecular flexibility index (Phi) is 7.17. The number of hydrogen-bond acceptors (Lipinski definition) is 0. The van der Waals surface area contributed by atoms with Gasteiger partial charge < -0.3 is 0 Å². The lowest BCUT2D eigenvalue weighted by atomic mass is 10.0. The van der Waals surface area contributed by atoms with E-state index in [1.807, 2.05) is 0 Å². The topological polar surface area (TPSA) is 0 Å². The first-order valence-corrected chi connectivity index (χ1v) is 6.93. The van der Waals surface area contributed by atoms with E-state index in [0.29, 0.717) is 0 Å². The van der Waals surface area contributed by atoms with Gasteiger partial charge in [0.2, 0.25) is 0 Å². The highest BCUT2D eigenvalue weighted by atomic mass is 14.2. The average Bonchev–Trinajstić information content (AvgIpc) is 3.06. The highest BCUT2D eigenvalue weighted by Crippen LogP contribution is 2.33. The van der Waals surface area contributed by atoms with Gasteiger partial charge in [0, 0.05) is 0 Å². The van der Waals surface area contributed by atoms with Gasteiger partial charge in [0.15, 0.2) is 0 Å². The molecule has 0 bridgehead atoms. The van der Waals surface area contributed by atoms with Gasteiger partial charge in [0.25, 0.3) is 0 Å². The third-order valence-electron chi connectivity index (χ3n) is 3.41. The average molecular weight is 196 g/mol. The monoisotopic (exact) mass is 196 g/mol. The van der Waals surface area contributed by atoms with Crippen LogP contribution in [0.4, 0.5) is 0 Å². The third kappa shape index (κ3) is 7.41. The Morgan fingerprint density at radius 2 is 1.29 bits per heavy atom. The van der Waals surface area contributed by atoms with E-state index >= 15 is 0 Å². The van der Waals surface area contributed by atoms with Crippen LogP contribution in [0.3, 0.4) is 0 Å². The van der Waals surface area contributed by atoms with Gasteiger partial charge in [-0.2, -0.15) is 0 Å². The van der Waals surface area contributed by atoms with Gasteiger partial charge >= 0.3 is 0 Å². The van der Waals surface area contributed by atoms with E-state index in [2.05, 4.69) is 6.92 Å². The molecular formula is C14H28. The fourth-order valence-electron chi connectivity index (χ4n) is 2.15. The van der Waals surface area contributed by atoms with Crippen molar-refractivity contribution in [1.29, 1.82) is 0 Å². The molecule has 2 aliphatic rings. The predicted octanol–water partition coefficient (Wildman–Crippen LogP) is 5.32. The summed E-state index contributed by atoms with van der Waals surface area (Å²) in [5.74, 6) is 1.15. The molecule has 0 nitrogen and oxygen atoms in total. The van der Waals surface area contributed by atoms with E-state index in [9.17, 15) is 0 Å². The van der Waals surface area contributed by atoms with Crippen LogP contribution in [0.5, 0.6) is 0 Å². The van der Waals surface area contributed by atoms with Crippen LogP contribution in [-0.2, 0) is 0 Å². The molecule has 2 rings (SSSR count). The second kappa shape index (κ2) is 8.32. The SMILES string of the molecule is C1CCCCC1.CCCCCC1CC1. The molecule has 0 atom stereocenters. The minimum atomic E-state index is 1.15. The van der Waals surface area contributed by atoms with Gasteiger partial charge in [-0.3, -0.25) is 0 Å². The fraction of sp³-hybridized carbons (Fsp3) is 1.00. The van der Waals surface area contributed by atoms with E-state index < -0.39 is 0 Å². The van der Waals surface area contributed by atoms with E-state index in [1.165, 1.54) is 77.0 Å². The Labute approximate surface area is 90.5 Å². The highest BCUT2D eigenvalue weighted by molar-refractivity contribution is 4.72. The quantitative estimate of drug-likeness (QED) is 0.534. The lowest BCUT2D eigenvalue weighted by Gasteiger charge is -2.05. The molecule has 0 aliphatic heterocycles. The van der Waals surface area contributed by atoms with Crippen molar-refractivity contribution in [2.24, 2.45) is 5.92 Å². The first-order valence-electron chi connectivity index (χ1n) is 6.93. The van der Waals surface area contributed by atoms with Crippen molar-refractivity contribution in [1.82, 2.24) is 0 Å². The molecule has 0 spiro atoms. The molecule has 0 unspecified atom stereocenters.